The van der Waals surface area contributed by atoms with E-state index in [0.717, 1.165) is 16.9 Å². The van der Waals surface area contributed by atoms with Crippen LogP contribution in [0.5, 0.6) is 0 Å². The number of aryl methyl sites for hydroxylation is 1. The summed E-state index contributed by atoms with van der Waals surface area (Å²) in [7, 11) is 1.81. The second kappa shape index (κ2) is 4.90. The largest absolute Gasteiger partial charge is 0.383 e. The van der Waals surface area contributed by atoms with Crippen molar-refractivity contribution in [2.24, 2.45) is 7.05 Å². The van der Waals surface area contributed by atoms with E-state index in [1.165, 1.54) is 0 Å². The molecular formula is C14H15N9. The van der Waals surface area contributed by atoms with Gasteiger partial charge in [0.05, 0.1) is 17.6 Å². The third-order valence-electron chi connectivity index (χ3n) is 3.69. The van der Waals surface area contributed by atoms with Gasteiger partial charge < -0.3 is 11.1 Å². The molecule has 0 radical (unpaired) electrons. The van der Waals surface area contributed by atoms with Crippen molar-refractivity contribution in [2.45, 2.75) is 13.0 Å². The fraction of sp³-hybridized carbons (Fsp3) is 0.214. The van der Waals surface area contributed by atoms with Gasteiger partial charge in [0.1, 0.15) is 5.82 Å². The number of nitrogens with one attached hydrogen (secondary N) is 1. The first kappa shape index (κ1) is 13.4. The van der Waals surface area contributed by atoms with Crippen molar-refractivity contribution in [3.05, 3.63) is 36.4 Å². The summed E-state index contributed by atoms with van der Waals surface area (Å²) in [6, 6.07) is 5.62. The summed E-state index contributed by atoms with van der Waals surface area (Å²) in [5, 5.41) is 16.5. The zero-order valence-corrected chi connectivity index (χ0v) is 12.7. The Morgan fingerprint density at radius 1 is 1.22 bits per heavy atom. The Bertz CT molecular complexity index is 1000. The Morgan fingerprint density at radius 3 is 2.96 bits per heavy atom. The molecule has 3 N–H and O–H groups in total. The molecule has 9 heteroatoms. The maximum Gasteiger partial charge on any atom is 0.227 e. The lowest BCUT2D eigenvalue weighted by molar-refractivity contribution is 0.758. The molecule has 0 saturated heterocycles. The highest BCUT2D eigenvalue weighted by Gasteiger charge is 2.16. The molecule has 0 aliphatic heterocycles. The fourth-order valence-corrected chi connectivity index (χ4v) is 2.52. The lowest BCUT2D eigenvalue weighted by Gasteiger charge is -2.12. The van der Waals surface area contributed by atoms with Crippen molar-refractivity contribution in [1.82, 2.24) is 34.3 Å². The molecule has 4 aromatic heterocycles. The number of hydrogen-bond acceptors (Lipinski definition) is 7. The van der Waals surface area contributed by atoms with E-state index in [2.05, 4.69) is 30.6 Å². The van der Waals surface area contributed by atoms with E-state index in [0.29, 0.717) is 17.4 Å². The molecule has 0 aliphatic rings. The molecular weight excluding hydrogens is 294 g/mol. The number of nitrogen functional groups attached to an aromatic ring is 1. The van der Waals surface area contributed by atoms with Gasteiger partial charge in [-0.1, -0.05) is 6.07 Å². The molecule has 0 spiro atoms. The van der Waals surface area contributed by atoms with Crippen LogP contribution in [-0.2, 0) is 7.05 Å². The summed E-state index contributed by atoms with van der Waals surface area (Å²) >= 11 is 0. The number of pyridine rings is 1. The molecule has 0 aliphatic carbocycles. The van der Waals surface area contributed by atoms with Gasteiger partial charge in [-0.2, -0.15) is 15.1 Å². The van der Waals surface area contributed by atoms with Crippen LogP contribution in [0.3, 0.4) is 0 Å². The van der Waals surface area contributed by atoms with E-state index in [1.54, 1.807) is 10.9 Å². The minimum absolute atomic E-state index is 0.141. The zero-order valence-electron chi connectivity index (χ0n) is 12.7. The van der Waals surface area contributed by atoms with Crippen molar-refractivity contribution in [2.75, 3.05) is 11.1 Å². The first-order valence-corrected chi connectivity index (χ1v) is 7.15. The SMILES string of the molecule is CC(Nc1nc(N)c2cnn(C)c2n1)c1nnc2ccccn12. The molecule has 0 saturated carbocycles. The topological polar surface area (TPSA) is 112 Å². The number of aromatic nitrogens is 7. The van der Waals surface area contributed by atoms with Crippen LogP contribution in [0.1, 0.15) is 18.8 Å². The summed E-state index contributed by atoms with van der Waals surface area (Å²) in [4.78, 5) is 8.76. The van der Waals surface area contributed by atoms with E-state index in [1.807, 2.05) is 42.8 Å². The van der Waals surface area contributed by atoms with Crippen molar-refractivity contribution in [1.29, 1.82) is 0 Å². The first-order chi connectivity index (χ1) is 11.1. The van der Waals surface area contributed by atoms with Crippen LogP contribution in [0.4, 0.5) is 11.8 Å². The van der Waals surface area contributed by atoms with E-state index in [9.17, 15) is 0 Å². The molecule has 0 bridgehead atoms. The molecule has 4 heterocycles. The van der Waals surface area contributed by atoms with Crippen LogP contribution in [0.25, 0.3) is 16.7 Å². The average molecular weight is 309 g/mol. The maximum atomic E-state index is 5.98. The van der Waals surface area contributed by atoms with Crippen molar-refractivity contribution >= 4 is 28.4 Å². The maximum absolute atomic E-state index is 5.98. The van der Waals surface area contributed by atoms with E-state index in [4.69, 9.17) is 5.73 Å². The normalized spacial score (nSPS) is 12.8. The van der Waals surface area contributed by atoms with Gasteiger partial charge in [0.25, 0.3) is 0 Å². The summed E-state index contributed by atoms with van der Waals surface area (Å²) in [6.45, 7) is 1.97. The molecule has 0 amide bonds. The number of rotatable bonds is 3. The lowest BCUT2D eigenvalue weighted by Crippen LogP contribution is -2.13. The Kier molecular flexibility index (Phi) is 2.86. The fourth-order valence-electron chi connectivity index (χ4n) is 2.52. The van der Waals surface area contributed by atoms with Crippen LogP contribution in [0, 0.1) is 0 Å². The second-order valence-electron chi connectivity index (χ2n) is 5.29. The van der Waals surface area contributed by atoms with Crippen molar-refractivity contribution in [3.63, 3.8) is 0 Å². The number of hydrogen-bond donors (Lipinski definition) is 2. The molecule has 0 fully saturated rings. The van der Waals surface area contributed by atoms with Gasteiger partial charge in [-0.05, 0) is 19.1 Å². The number of nitrogens with zero attached hydrogens (tertiary/aromatic N) is 7. The molecule has 1 unspecified atom stereocenters. The van der Waals surface area contributed by atoms with Crippen LogP contribution in [0.15, 0.2) is 30.6 Å². The van der Waals surface area contributed by atoms with E-state index >= 15 is 0 Å². The van der Waals surface area contributed by atoms with Gasteiger partial charge in [-0.3, -0.25) is 9.08 Å². The summed E-state index contributed by atoms with van der Waals surface area (Å²) in [5.74, 6) is 1.59. The van der Waals surface area contributed by atoms with Crippen LogP contribution in [0.2, 0.25) is 0 Å². The Hall–Kier alpha value is -3.23. The van der Waals surface area contributed by atoms with Crippen LogP contribution < -0.4 is 11.1 Å². The molecule has 4 aromatic rings. The Morgan fingerprint density at radius 2 is 2.09 bits per heavy atom. The standard InChI is InChI=1S/C14H15N9/c1-8(12-21-20-10-5-3-4-6-23(10)12)17-14-18-11(15)9-7-16-22(2)13(9)19-14/h3-8H,1-2H3,(H3,15,17,18,19). The highest BCUT2D eigenvalue weighted by Crippen LogP contribution is 2.21. The molecule has 0 aromatic carbocycles. The summed E-state index contributed by atoms with van der Waals surface area (Å²) in [6.07, 6.45) is 3.58. The highest BCUT2D eigenvalue weighted by molar-refractivity contribution is 5.86. The van der Waals surface area contributed by atoms with Gasteiger partial charge in [-0.25, -0.2) is 0 Å². The van der Waals surface area contributed by atoms with Gasteiger partial charge in [0.15, 0.2) is 17.1 Å². The summed E-state index contributed by atoms with van der Waals surface area (Å²) < 4.78 is 3.58. The van der Waals surface area contributed by atoms with Crippen molar-refractivity contribution in [3.8, 4) is 0 Å². The van der Waals surface area contributed by atoms with Gasteiger partial charge >= 0.3 is 0 Å². The Balaban J connectivity index is 1.71. The number of nitrogens with two attached hydrogens (primary N) is 1. The van der Waals surface area contributed by atoms with Crippen molar-refractivity contribution < 1.29 is 0 Å². The number of fused-ring (bicyclic) bond motifs is 2. The number of anilines is 2. The Labute approximate surface area is 131 Å². The third kappa shape index (κ3) is 2.13. The van der Waals surface area contributed by atoms with Gasteiger partial charge in [-0.15, -0.1) is 10.2 Å². The zero-order chi connectivity index (χ0) is 16.0. The summed E-state index contributed by atoms with van der Waals surface area (Å²) in [5.41, 5.74) is 7.45. The predicted molar refractivity (Wildman–Crippen MR) is 85.7 cm³/mol. The molecule has 116 valence electrons. The van der Waals surface area contributed by atoms with Crippen LogP contribution in [-0.4, -0.2) is 34.3 Å². The predicted octanol–water partition coefficient (Wildman–Crippen LogP) is 1.16. The van der Waals surface area contributed by atoms with Gasteiger partial charge in [0.2, 0.25) is 5.95 Å². The highest BCUT2D eigenvalue weighted by atomic mass is 15.3. The first-order valence-electron chi connectivity index (χ1n) is 7.15. The lowest BCUT2D eigenvalue weighted by atomic mass is 10.3. The van der Waals surface area contributed by atoms with Gasteiger partial charge in [0, 0.05) is 13.2 Å². The molecule has 9 nitrogen and oxygen atoms in total. The molecule has 1 atom stereocenters. The van der Waals surface area contributed by atoms with E-state index in [-0.39, 0.29) is 6.04 Å². The minimum Gasteiger partial charge on any atom is -0.383 e. The third-order valence-corrected chi connectivity index (χ3v) is 3.69. The smallest absolute Gasteiger partial charge is 0.227 e. The van der Waals surface area contributed by atoms with E-state index < -0.39 is 0 Å². The monoisotopic (exact) mass is 309 g/mol. The molecule has 4 rings (SSSR count). The quantitative estimate of drug-likeness (QED) is 0.584. The molecule has 23 heavy (non-hydrogen) atoms. The second-order valence-corrected chi connectivity index (χ2v) is 5.29. The average Bonchev–Trinajstić information content (AvgIpc) is 3.12. The van der Waals surface area contributed by atoms with Crippen LogP contribution >= 0.6 is 0 Å². The minimum atomic E-state index is -0.141.